The molecule has 0 radical (unpaired) electrons. The summed E-state index contributed by atoms with van der Waals surface area (Å²) in [4.78, 5) is 10.8. The molecule has 0 bridgehead atoms. The van der Waals surface area contributed by atoms with Gasteiger partial charge in [-0.05, 0) is 108 Å². The highest BCUT2D eigenvalue weighted by Crippen LogP contribution is 2.43. The number of aliphatic carboxylic acids is 1. The summed E-state index contributed by atoms with van der Waals surface area (Å²) in [6, 6.07) is 0. The molecule has 3 nitrogen and oxygen atoms in total. The Labute approximate surface area is 191 Å². The van der Waals surface area contributed by atoms with Crippen LogP contribution in [0.15, 0.2) is 34.9 Å². The van der Waals surface area contributed by atoms with Gasteiger partial charge in [-0.2, -0.15) is 0 Å². The summed E-state index contributed by atoms with van der Waals surface area (Å²) < 4.78 is 6.68. The van der Waals surface area contributed by atoms with E-state index in [2.05, 4.69) is 52.8 Å². The van der Waals surface area contributed by atoms with Crippen LogP contribution in [0.2, 0.25) is 0 Å². The Balaban J connectivity index is 1.70. The van der Waals surface area contributed by atoms with Crippen molar-refractivity contribution in [1.29, 1.82) is 0 Å². The number of rotatable bonds is 11. The van der Waals surface area contributed by atoms with Crippen LogP contribution in [0.3, 0.4) is 0 Å². The topological polar surface area (TPSA) is 49.4 Å². The van der Waals surface area contributed by atoms with E-state index in [-0.39, 0.29) is 11.5 Å². The van der Waals surface area contributed by atoms with Gasteiger partial charge in [0.05, 0.1) is 11.7 Å². The normalized spacial score (nSPS) is 30.5. The maximum atomic E-state index is 10.8. The van der Waals surface area contributed by atoms with Crippen LogP contribution < -0.4 is 5.11 Å². The molecule has 0 aromatic heterocycles. The standard InChI is InChI=1S/C28H46O3/c1-20(12-8-14-23(4)27(29)30)10-7-11-21(2)13-9-18-28(6)19-17-25-16-15-22(3)24(5)26(25)31-28/h10,13,16,22-24,26H,7-9,11-12,14-15,17-19H2,1-6H3,(H,29,30)/p-1/b20-10+,21-13+. The SMILES string of the molecule is C/C(=C\CCC1(C)CCC2=CCC(C)C(C)C2O1)CC/C=C(\C)CCCC(C)C(=O)[O-]. The van der Waals surface area contributed by atoms with Gasteiger partial charge in [0.2, 0.25) is 0 Å². The van der Waals surface area contributed by atoms with Gasteiger partial charge >= 0.3 is 0 Å². The van der Waals surface area contributed by atoms with Gasteiger partial charge in [-0.3, -0.25) is 0 Å². The number of carbonyl (C=O) groups is 1. The second-order valence-corrected chi connectivity index (χ2v) is 10.6. The molecule has 1 aliphatic heterocycles. The minimum absolute atomic E-state index is 0.00318. The van der Waals surface area contributed by atoms with Crippen LogP contribution >= 0.6 is 0 Å². The third kappa shape index (κ3) is 8.25. The zero-order valence-electron chi connectivity index (χ0n) is 20.8. The van der Waals surface area contributed by atoms with Crippen molar-refractivity contribution in [3.05, 3.63) is 34.9 Å². The van der Waals surface area contributed by atoms with E-state index in [1.54, 1.807) is 12.5 Å². The number of hydrogen-bond donors (Lipinski definition) is 0. The molecule has 0 aromatic carbocycles. The Morgan fingerprint density at radius 2 is 1.90 bits per heavy atom. The molecule has 0 N–H and O–H groups in total. The summed E-state index contributed by atoms with van der Waals surface area (Å²) in [5, 5.41) is 10.8. The number of carboxylic acids is 1. The van der Waals surface area contributed by atoms with Gasteiger partial charge < -0.3 is 14.6 Å². The lowest BCUT2D eigenvalue weighted by Gasteiger charge is -2.46. The number of allylic oxidation sites excluding steroid dienone is 5. The summed E-state index contributed by atoms with van der Waals surface area (Å²) in [5.74, 6) is 0.0539. The van der Waals surface area contributed by atoms with Crippen LogP contribution in [-0.4, -0.2) is 17.7 Å². The summed E-state index contributed by atoms with van der Waals surface area (Å²) in [7, 11) is 0. The minimum Gasteiger partial charge on any atom is -0.550 e. The predicted molar refractivity (Wildman–Crippen MR) is 128 cm³/mol. The maximum absolute atomic E-state index is 10.8. The van der Waals surface area contributed by atoms with E-state index in [0.717, 1.165) is 44.9 Å². The van der Waals surface area contributed by atoms with E-state index >= 15 is 0 Å². The van der Waals surface area contributed by atoms with E-state index < -0.39 is 5.97 Å². The maximum Gasteiger partial charge on any atom is 0.0820 e. The second kappa shape index (κ2) is 12.0. The zero-order valence-corrected chi connectivity index (χ0v) is 20.8. The first kappa shape index (κ1) is 25.9. The smallest absolute Gasteiger partial charge is 0.0820 e. The summed E-state index contributed by atoms with van der Waals surface area (Å²) >= 11 is 0. The van der Waals surface area contributed by atoms with Gasteiger partial charge in [-0.1, -0.05) is 50.1 Å². The minimum atomic E-state index is -0.936. The lowest BCUT2D eigenvalue weighted by Crippen LogP contribution is -2.44. The van der Waals surface area contributed by atoms with Crippen LogP contribution in [0, 0.1) is 17.8 Å². The van der Waals surface area contributed by atoms with Crippen LogP contribution in [0.25, 0.3) is 0 Å². The predicted octanol–water partition coefficient (Wildman–Crippen LogP) is 6.54. The first-order chi connectivity index (χ1) is 14.6. The molecule has 5 atom stereocenters. The Morgan fingerprint density at radius 3 is 2.61 bits per heavy atom. The largest absolute Gasteiger partial charge is 0.550 e. The molecular weight excluding hydrogens is 384 g/mol. The second-order valence-electron chi connectivity index (χ2n) is 10.6. The lowest BCUT2D eigenvalue weighted by atomic mass is 9.74. The molecule has 2 aliphatic rings. The molecule has 0 spiro atoms. The molecule has 0 amide bonds. The molecule has 2 rings (SSSR count). The number of ether oxygens (including phenoxy) is 1. The van der Waals surface area contributed by atoms with Crippen molar-refractivity contribution >= 4 is 5.97 Å². The van der Waals surface area contributed by atoms with E-state index in [1.165, 1.54) is 24.0 Å². The molecule has 5 unspecified atom stereocenters. The highest BCUT2D eigenvalue weighted by molar-refractivity contribution is 5.66. The zero-order chi connectivity index (χ0) is 23.0. The Bertz CT molecular complexity index is 686. The highest BCUT2D eigenvalue weighted by Gasteiger charge is 2.40. The fraction of sp³-hybridized carbons (Fsp3) is 0.750. The Hall–Kier alpha value is -1.35. The van der Waals surface area contributed by atoms with Crippen LogP contribution in [0.1, 0.15) is 106 Å². The molecule has 0 aromatic rings. The fourth-order valence-corrected chi connectivity index (χ4v) is 4.87. The molecule has 0 saturated carbocycles. The van der Waals surface area contributed by atoms with E-state index in [4.69, 9.17) is 4.74 Å². The van der Waals surface area contributed by atoms with E-state index in [1.807, 2.05) is 0 Å². The van der Waals surface area contributed by atoms with Crippen molar-refractivity contribution in [3.63, 3.8) is 0 Å². The first-order valence-electron chi connectivity index (χ1n) is 12.5. The molecule has 176 valence electrons. The Kier molecular flexibility index (Phi) is 10.1. The summed E-state index contributed by atoms with van der Waals surface area (Å²) in [6.45, 7) is 13.1. The van der Waals surface area contributed by atoms with Gasteiger partial charge in [-0.15, -0.1) is 0 Å². The average Bonchev–Trinajstić information content (AvgIpc) is 2.71. The molecule has 3 heteroatoms. The first-order valence-corrected chi connectivity index (χ1v) is 12.5. The molecule has 31 heavy (non-hydrogen) atoms. The number of carbonyl (C=O) groups excluding carboxylic acids is 1. The van der Waals surface area contributed by atoms with E-state index in [0.29, 0.717) is 24.4 Å². The van der Waals surface area contributed by atoms with Crippen molar-refractivity contribution in [2.75, 3.05) is 0 Å². The fourth-order valence-electron chi connectivity index (χ4n) is 4.87. The van der Waals surface area contributed by atoms with Crippen LogP contribution in [0.5, 0.6) is 0 Å². The molecule has 1 heterocycles. The number of hydrogen-bond acceptors (Lipinski definition) is 3. The van der Waals surface area contributed by atoms with Gasteiger partial charge in [0, 0.05) is 5.97 Å². The van der Waals surface area contributed by atoms with Crippen LogP contribution in [-0.2, 0) is 9.53 Å². The van der Waals surface area contributed by atoms with E-state index in [9.17, 15) is 9.90 Å². The van der Waals surface area contributed by atoms with Gasteiger partial charge in [0.1, 0.15) is 0 Å². The lowest BCUT2D eigenvalue weighted by molar-refractivity contribution is -0.311. The highest BCUT2D eigenvalue weighted by atomic mass is 16.5. The third-order valence-electron chi connectivity index (χ3n) is 7.65. The Morgan fingerprint density at radius 1 is 1.23 bits per heavy atom. The van der Waals surface area contributed by atoms with Gasteiger partial charge in [0.15, 0.2) is 0 Å². The van der Waals surface area contributed by atoms with Crippen molar-refractivity contribution in [2.45, 2.75) is 117 Å². The van der Waals surface area contributed by atoms with Crippen molar-refractivity contribution in [1.82, 2.24) is 0 Å². The molecule has 1 aliphatic carbocycles. The third-order valence-corrected chi connectivity index (χ3v) is 7.65. The van der Waals surface area contributed by atoms with Gasteiger partial charge in [0.25, 0.3) is 0 Å². The van der Waals surface area contributed by atoms with Gasteiger partial charge in [-0.25, -0.2) is 0 Å². The van der Waals surface area contributed by atoms with Crippen LogP contribution in [0.4, 0.5) is 0 Å². The number of carboxylic acid groups (broad SMARTS) is 1. The van der Waals surface area contributed by atoms with Crippen molar-refractivity contribution in [3.8, 4) is 0 Å². The quantitative estimate of drug-likeness (QED) is 0.351. The number of fused-ring (bicyclic) bond motifs is 1. The molecular formula is C28H45O3-. The van der Waals surface area contributed by atoms with Crippen molar-refractivity contribution < 1.29 is 14.6 Å². The molecule has 1 fully saturated rings. The summed E-state index contributed by atoms with van der Waals surface area (Å²) in [5.41, 5.74) is 4.37. The average molecular weight is 430 g/mol. The summed E-state index contributed by atoms with van der Waals surface area (Å²) in [6.07, 6.45) is 18.0. The monoisotopic (exact) mass is 429 g/mol. The van der Waals surface area contributed by atoms with Crippen molar-refractivity contribution in [2.24, 2.45) is 17.8 Å². The molecule has 1 saturated heterocycles.